The van der Waals surface area contributed by atoms with E-state index in [1.54, 1.807) is 12.4 Å². The Morgan fingerprint density at radius 3 is 2.92 bits per heavy atom. The van der Waals surface area contributed by atoms with Crippen LogP contribution in [0.4, 0.5) is 0 Å². The molecule has 4 rings (SSSR count). The standard InChI is InChI=1S/C18H19N5OS/c1-22-7-5-19-17(22)15-11-20-14(10-21-15)9-13-4-6-23(12-13)18(24)16-3-2-8-25-16/h2-3,5,7-8,10-11,13H,4,6,9,12H2,1H3/t13-/m1/s1. The third-order valence-electron chi connectivity index (χ3n) is 4.56. The number of amides is 1. The van der Waals surface area contributed by atoms with Gasteiger partial charge in [-0.15, -0.1) is 11.3 Å². The lowest BCUT2D eigenvalue weighted by Gasteiger charge is -2.15. The van der Waals surface area contributed by atoms with Crippen LogP contribution in [0.1, 0.15) is 21.8 Å². The van der Waals surface area contributed by atoms with E-state index in [1.165, 1.54) is 11.3 Å². The van der Waals surface area contributed by atoms with Crippen LogP contribution in [-0.2, 0) is 13.5 Å². The maximum Gasteiger partial charge on any atom is 0.263 e. The van der Waals surface area contributed by atoms with E-state index in [4.69, 9.17) is 0 Å². The molecule has 3 aromatic heterocycles. The number of carbonyl (C=O) groups is 1. The van der Waals surface area contributed by atoms with Crippen molar-refractivity contribution in [2.75, 3.05) is 13.1 Å². The van der Waals surface area contributed by atoms with Gasteiger partial charge in [-0.05, 0) is 30.2 Å². The van der Waals surface area contributed by atoms with E-state index < -0.39 is 0 Å². The molecule has 1 fully saturated rings. The van der Waals surface area contributed by atoms with Crippen LogP contribution in [0.25, 0.3) is 11.5 Å². The molecule has 1 aliphatic rings. The van der Waals surface area contributed by atoms with Crippen molar-refractivity contribution in [3.8, 4) is 11.5 Å². The van der Waals surface area contributed by atoms with E-state index in [9.17, 15) is 4.79 Å². The number of likely N-dealkylation sites (tertiary alicyclic amines) is 1. The molecule has 0 radical (unpaired) electrons. The second-order valence-corrected chi connectivity index (χ2v) is 7.29. The van der Waals surface area contributed by atoms with Gasteiger partial charge in [-0.1, -0.05) is 6.07 Å². The Morgan fingerprint density at radius 1 is 1.32 bits per heavy atom. The summed E-state index contributed by atoms with van der Waals surface area (Å²) in [5.41, 5.74) is 1.74. The molecule has 1 saturated heterocycles. The van der Waals surface area contributed by atoms with Gasteiger partial charge in [-0.3, -0.25) is 9.78 Å². The molecule has 3 aromatic rings. The summed E-state index contributed by atoms with van der Waals surface area (Å²) in [6.45, 7) is 1.61. The number of hydrogen-bond donors (Lipinski definition) is 0. The van der Waals surface area contributed by atoms with Crippen molar-refractivity contribution in [3.05, 3.63) is 52.9 Å². The maximum absolute atomic E-state index is 12.4. The number of aryl methyl sites for hydroxylation is 1. The summed E-state index contributed by atoms with van der Waals surface area (Å²) in [6, 6.07) is 3.81. The molecule has 7 heteroatoms. The summed E-state index contributed by atoms with van der Waals surface area (Å²) in [6.07, 6.45) is 9.11. The predicted molar refractivity (Wildman–Crippen MR) is 96.3 cm³/mol. The lowest BCUT2D eigenvalue weighted by Crippen LogP contribution is -2.28. The summed E-state index contributed by atoms with van der Waals surface area (Å²) in [7, 11) is 1.94. The van der Waals surface area contributed by atoms with E-state index >= 15 is 0 Å². The fraction of sp³-hybridized carbons (Fsp3) is 0.333. The zero-order chi connectivity index (χ0) is 17.2. The number of nitrogens with zero attached hydrogens (tertiary/aromatic N) is 5. The Balaban J connectivity index is 1.38. The van der Waals surface area contributed by atoms with Crippen LogP contribution in [0.3, 0.4) is 0 Å². The lowest BCUT2D eigenvalue weighted by atomic mass is 10.0. The van der Waals surface area contributed by atoms with Crippen molar-refractivity contribution in [3.63, 3.8) is 0 Å². The highest BCUT2D eigenvalue weighted by atomic mass is 32.1. The molecule has 0 N–H and O–H groups in total. The SMILES string of the molecule is Cn1ccnc1-c1cnc(C[C@H]2CCN(C(=O)c3cccs3)C2)cn1. The first-order chi connectivity index (χ1) is 12.2. The predicted octanol–water partition coefficient (Wildman–Crippen LogP) is 2.64. The zero-order valence-electron chi connectivity index (χ0n) is 14.0. The first-order valence-corrected chi connectivity index (χ1v) is 9.20. The zero-order valence-corrected chi connectivity index (χ0v) is 14.8. The average molecular weight is 353 g/mol. The number of thiophene rings is 1. The van der Waals surface area contributed by atoms with Crippen molar-refractivity contribution >= 4 is 17.2 Å². The molecule has 0 unspecified atom stereocenters. The molecule has 1 amide bonds. The number of carbonyl (C=O) groups excluding carboxylic acids is 1. The van der Waals surface area contributed by atoms with Crippen molar-refractivity contribution in [2.24, 2.45) is 13.0 Å². The monoisotopic (exact) mass is 353 g/mol. The fourth-order valence-corrected chi connectivity index (χ4v) is 3.91. The van der Waals surface area contributed by atoms with Gasteiger partial charge >= 0.3 is 0 Å². The van der Waals surface area contributed by atoms with Gasteiger partial charge in [0.15, 0.2) is 5.82 Å². The van der Waals surface area contributed by atoms with Crippen LogP contribution < -0.4 is 0 Å². The van der Waals surface area contributed by atoms with Crippen molar-refractivity contribution < 1.29 is 4.79 Å². The number of aromatic nitrogens is 4. The molecule has 1 aliphatic heterocycles. The number of hydrogen-bond acceptors (Lipinski definition) is 5. The highest BCUT2D eigenvalue weighted by Crippen LogP contribution is 2.23. The quantitative estimate of drug-likeness (QED) is 0.723. The molecule has 1 atom stereocenters. The smallest absolute Gasteiger partial charge is 0.263 e. The molecule has 25 heavy (non-hydrogen) atoms. The molecule has 0 aromatic carbocycles. The molecule has 4 heterocycles. The Labute approximate surface area is 150 Å². The van der Waals surface area contributed by atoms with Gasteiger partial charge in [0.05, 0.1) is 16.8 Å². The van der Waals surface area contributed by atoms with E-state index in [1.807, 2.05) is 46.4 Å². The van der Waals surface area contributed by atoms with Crippen molar-refractivity contribution in [1.82, 2.24) is 24.4 Å². The van der Waals surface area contributed by atoms with Crippen LogP contribution in [0.5, 0.6) is 0 Å². The summed E-state index contributed by atoms with van der Waals surface area (Å²) in [5.74, 6) is 1.40. The van der Waals surface area contributed by atoms with Gasteiger partial charge in [0, 0.05) is 38.7 Å². The van der Waals surface area contributed by atoms with E-state index in [2.05, 4.69) is 15.0 Å². The topological polar surface area (TPSA) is 63.9 Å². The summed E-state index contributed by atoms with van der Waals surface area (Å²) in [5, 5.41) is 1.94. The minimum Gasteiger partial charge on any atom is -0.338 e. The Hall–Kier alpha value is -2.54. The van der Waals surface area contributed by atoms with Crippen LogP contribution in [0.2, 0.25) is 0 Å². The van der Waals surface area contributed by atoms with E-state index in [-0.39, 0.29) is 5.91 Å². The van der Waals surface area contributed by atoms with Crippen LogP contribution >= 0.6 is 11.3 Å². The first kappa shape index (κ1) is 16.0. The largest absolute Gasteiger partial charge is 0.338 e. The second-order valence-electron chi connectivity index (χ2n) is 6.34. The van der Waals surface area contributed by atoms with Crippen LogP contribution in [-0.4, -0.2) is 43.4 Å². The molecular formula is C18H19N5OS. The van der Waals surface area contributed by atoms with Gasteiger partial charge in [0.25, 0.3) is 5.91 Å². The molecule has 6 nitrogen and oxygen atoms in total. The summed E-state index contributed by atoms with van der Waals surface area (Å²) in [4.78, 5) is 28.5. The highest BCUT2D eigenvalue weighted by Gasteiger charge is 2.27. The maximum atomic E-state index is 12.4. The summed E-state index contributed by atoms with van der Waals surface area (Å²) < 4.78 is 1.93. The van der Waals surface area contributed by atoms with E-state index in [0.29, 0.717) is 5.92 Å². The Bertz CT molecular complexity index is 856. The minimum absolute atomic E-state index is 0.147. The van der Waals surface area contributed by atoms with Gasteiger partial charge in [-0.2, -0.15) is 0 Å². The molecule has 0 saturated carbocycles. The molecular weight excluding hydrogens is 334 g/mol. The van der Waals surface area contributed by atoms with Crippen LogP contribution in [0, 0.1) is 5.92 Å². The van der Waals surface area contributed by atoms with Gasteiger partial charge in [0.2, 0.25) is 0 Å². The molecule has 0 aliphatic carbocycles. The highest BCUT2D eigenvalue weighted by molar-refractivity contribution is 7.12. The average Bonchev–Trinajstić information content (AvgIpc) is 3.37. The normalized spacial score (nSPS) is 17.2. The van der Waals surface area contributed by atoms with Crippen molar-refractivity contribution in [1.29, 1.82) is 0 Å². The number of rotatable bonds is 4. The van der Waals surface area contributed by atoms with E-state index in [0.717, 1.165) is 48.0 Å². The van der Waals surface area contributed by atoms with Crippen molar-refractivity contribution in [2.45, 2.75) is 12.8 Å². The summed E-state index contributed by atoms with van der Waals surface area (Å²) >= 11 is 1.50. The minimum atomic E-state index is 0.147. The molecule has 0 spiro atoms. The Kier molecular flexibility index (Phi) is 4.31. The second kappa shape index (κ2) is 6.76. The fourth-order valence-electron chi connectivity index (χ4n) is 3.22. The van der Waals surface area contributed by atoms with Gasteiger partial charge in [0.1, 0.15) is 5.69 Å². The Morgan fingerprint density at radius 2 is 2.24 bits per heavy atom. The molecule has 128 valence electrons. The number of imidazole rings is 1. The van der Waals surface area contributed by atoms with Gasteiger partial charge < -0.3 is 9.47 Å². The third-order valence-corrected chi connectivity index (χ3v) is 5.42. The lowest BCUT2D eigenvalue weighted by molar-refractivity contribution is 0.0792. The molecule has 0 bridgehead atoms. The first-order valence-electron chi connectivity index (χ1n) is 8.32. The van der Waals surface area contributed by atoms with Crippen LogP contribution in [0.15, 0.2) is 42.3 Å². The third kappa shape index (κ3) is 3.32. The van der Waals surface area contributed by atoms with Gasteiger partial charge in [-0.25, -0.2) is 9.97 Å².